The molecule has 2 heterocycles. The lowest BCUT2D eigenvalue weighted by molar-refractivity contribution is 0.119. The van der Waals surface area contributed by atoms with Crippen molar-refractivity contribution in [2.45, 2.75) is 25.8 Å². The SMILES string of the molecule is c1ccc(CN2CCN(CCC3CCNCC3)CC2)cc1. The summed E-state index contributed by atoms with van der Waals surface area (Å²) >= 11 is 0. The Hall–Kier alpha value is -0.900. The molecule has 116 valence electrons. The van der Waals surface area contributed by atoms with Crippen LogP contribution in [0.25, 0.3) is 0 Å². The zero-order chi connectivity index (χ0) is 14.3. The molecule has 0 atom stereocenters. The maximum absolute atomic E-state index is 3.46. The standard InChI is InChI=1S/C18H29N3/c1-2-4-18(5-3-1)16-21-14-12-20(13-15-21)11-8-17-6-9-19-10-7-17/h1-5,17,19H,6-16H2. The molecule has 0 saturated carbocycles. The molecule has 21 heavy (non-hydrogen) atoms. The van der Waals surface area contributed by atoms with Crippen LogP contribution in [0.5, 0.6) is 0 Å². The first kappa shape index (κ1) is 15.0. The molecule has 2 aliphatic heterocycles. The van der Waals surface area contributed by atoms with Crippen LogP contribution in [-0.4, -0.2) is 55.6 Å². The molecule has 0 amide bonds. The van der Waals surface area contributed by atoms with Crippen molar-refractivity contribution in [3.8, 4) is 0 Å². The van der Waals surface area contributed by atoms with E-state index in [1.54, 1.807) is 0 Å². The minimum atomic E-state index is 0.966. The Bertz CT molecular complexity index is 392. The number of nitrogens with one attached hydrogen (secondary N) is 1. The number of hydrogen-bond donors (Lipinski definition) is 1. The first-order valence-electron chi connectivity index (χ1n) is 8.59. The van der Waals surface area contributed by atoms with Crippen molar-refractivity contribution < 1.29 is 0 Å². The van der Waals surface area contributed by atoms with E-state index in [1.165, 1.54) is 70.6 Å². The molecule has 3 heteroatoms. The highest BCUT2D eigenvalue weighted by atomic mass is 15.3. The first-order valence-corrected chi connectivity index (χ1v) is 8.59. The van der Waals surface area contributed by atoms with Gasteiger partial charge in [0.25, 0.3) is 0 Å². The highest BCUT2D eigenvalue weighted by molar-refractivity contribution is 5.14. The molecule has 1 aromatic carbocycles. The smallest absolute Gasteiger partial charge is 0.0234 e. The lowest BCUT2D eigenvalue weighted by atomic mass is 9.94. The van der Waals surface area contributed by atoms with Crippen molar-refractivity contribution in [3.05, 3.63) is 35.9 Å². The summed E-state index contributed by atoms with van der Waals surface area (Å²) in [4.78, 5) is 5.26. The van der Waals surface area contributed by atoms with Gasteiger partial charge in [-0.2, -0.15) is 0 Å². The normalized spacial score (nSPS) is 22.5. The predicted molar refractivity (Wildman–Crippen MR) is 88.4 cm³/mol. The van der Waals surface area contributed by atoms with E-state index in [4.69, 9.17) is 0 Å². The highest BCUT2D eigenvalue weighted by Crippen LogP contribution is 2.17. The predicted octanol–water partition coefficient (Wildman–Crippen LogP) is 2.19. The van der Waals surface area contributed by atoms with Crippen LogP contribution in [0, 0.1) is 5.92 Å². The maximum atomic E-state index is 3.46. The number of rotatable bonds is 5. The highest BCUT2D eigenvalue weighted by Gasteiger charge is 2.19. The molecule has 2 fully saturated rings. The van der Waals surface area contributed by atoms with Gasteiger partial charge in [0.05, 0.1) is 0 Å². The van der Waals surface area contributed by atoms with Crippen LogP contribution < -0.4 is 5.32 Å². The second-order valence-electron chi connectivity index (χ2n) is 6.59. The summed E-state index contributed by atoms with van der Waals surface area (Å²) in [7, 11) is 0. The van der Waals surface area contributed by atoms with Crippen LogP contribution in [0.4, 0.5) is 0 Å². The van der Waals surface area contributed by atoms with Crippen molar-refractivity contribution >= 4 is 0 Å². The quantitative estimate of drug-likeness (QED) is 0.895. The molecular weight excluding hydrogens is 258 g/mol. The van der Waals surface area contributed by atoms with Gasteiger partial charge in [-0.15, -0.1) is 0 Å². The summed E-state index contributed by atoms with van der Waals surface area (Å²) in [5.74, 6) is 0.966. The van der Waals surface area contributed by atoms with Crippen molar-refractivity contribution in [2.24, 2.45) is 5.92 Å². The topological polar surface area (TPSA) is 18.5 Å². The molecule has 2 saturated heterocycles. The summed E-state index contributed by atoms with van der Waals surface area (Å²) < 4.78 is 0. The monoisotopic (exact) mass is 287 g/mol. The molecule has 1 N–H and O–H groups in total. The Kier molecular flexibility index (Phi) is 5.67. The second-order valence-corrected chi connectivity index (χ2v) is 6.59. The van der Waals surface area contributed by atoms with Crippen LogP contribution in [0.3, 0.4) is 0 Å². The van der Waals surface area contributed by atoms with Crippen LogP contribution in [0.15, 0.2) is 30.3 Å². The molecule has 0 spiro atoms. The van der Waals surface area contributed by atoms with Crippen molar-refractivity contribution in [1.82, 2.24) is 15.1 Å². The number of benzene rings is 1. The van der Waals surface area contributed by atoms with Crippen molar-refractivity contribution in [2.75, 3.05) is 45.8 Å². The van der Waals surface area contributed by atoms with Crippen LogP contribution in [-0.2, 0) is 6.54 Å². The minimum Gasteiger partial charge on any atom is -0.317 e. The van der Waals surface area contributed by atoms with E-state index >= 15 is 0 Å². The van der Waals surface area contributed by atoms with Gasteiger partial charge in [0, 0.05) is 32.7 Å². The molecule has 0 aliphatic carbocycles. The van der Waals surface area contributed by atoms with Crippen LogP contribution >= 0.6 is 0 Å². The van der Waals surface area contributed by atoms with Crippen LogP contribution in [0.2, 0.25) is 0 Å². The third-order valence-corrected chi connectivity index (χ3v) is 5.03. The Labute approximate surface area is 129 Å². The molecule has 0 aromatic heterocycles. The number of piperazine rings is 1. The molecule has 0 unspecified atom stereocenters. The van der Waals surface area contributed by atoms with Gasteiger partial charge in [0.1, 0.15) is 0 Å². The maximum Gasteiger partial charge on any atom is 0.0234 e. The molecular formula is C18H29N3. The van der Waals surface area contributed by atoms with Crippen LogP contribution in [0.1, 0.15) is 24.8 Å². The summed E-state index contributed by atoms with van der Waals surface area (Å²) in [6, 6.07) is 10.9. The van der Waals surface area contributed by atoms with Crippen molar-refractivity contribution in [3.63, 3.8) is 0 Å². The van der Waals surface area contributed by atoms with E-state index in [-0.39, 0.29) is 0 Å². The van der Waals surface area contributed by atoms with E-state index in [0.29, 0.717) is 0 Å². The molecule has 3 nitrogen and oxygen atoms in total. The average molecular weight is 287 g/mol. The third-order valence-electron chi connectivity index (χ3n) is 5.03. The Morgan fingerprint density at radius 3 is 2.29 bits per heavy atom. The Morgan fingerprint density at radius 1 is 0.905 bits per heavy atom. The fourth-order valence-corrected chi connectivity index (χ4v) is 3.55. The van der Waals surface area contributed by atoms with Gasteiger partial charge in [0.15, 0.2) is 0 Å². The molecule has 0 bridgehead atoms. The zero-order valence-electron chi connectivity index (χ0n) is 13.1. The second kappa shape index (κ2) is 7.92. The van der Waals surface area contributed by atoms with Gasteiger partial charge in [-0.1, -0.05) is 30.3 Å². The van der Waals surface area contributed by atoms with Gasteiger partial charge >= 0.3 is 0 Å². The van der Waals surface area contributed by atoms with E-state index < -0.39 is 0 Å². The summed E-state index contributed by atoms with van der Waals surface area (Å²) in [6.45, 7) is 9.83. The molecule has 0 radical (unpaired) electrons. The minimum absolute atomic E-state index is 0.966. The first-order chi connectivity index (χ1) is 10.4. The Balaban J connectivity index is 1.35. The van der Waals surface area contributed by atoms with E-state index in [9.17, 15) is 0 Å². The fraction of sp³-hybridized carbons (Fsp3) is 0.667. The average Bonchev–Trinajstić information content (AvgIpc) is 2.56. The fourth-order valence-electron chi connectivity index (χ4n) is 3.55. The van der Waals surface area contributed by atoms with E-state index in [1.807, 2.05) is 0 Å². The number of hydrogen-bond acceptors (Lipinski definition) is 3. The molecule has 3 rings (SSSR count). The van der Waals surface area contributed by atoms with Crippen molar-refractivity contribution in [1.29, 1.82) is 0 Å². The van der Waals surface area contributed by atoms with Gasteiger partial charge < -0.3 is 10.2 Å². The summed E-state index contributed by atoms with van der Waals surface area (Å²) in [6.07, 6.45) is 4.17. The summed E-state index contributed by atoms with van der Waals surface area (Å²) in [5, 5.41) is 3.46. The molecule has 1 aromatic rings. The van der Waals surface area contributed by atoms with E-state index in [0.717, 1.165) is 12.5 Å². The largest absolute Gasteiger partial charge is 0.317 e. The number of piperidine rings is 1. The Morgan fingerprint density at radius 2 is 1.57 bits per heavy atom. The number of nitrogens with zero attached hydrogens (tertiary/aromatic N) is 2. The van der Waals surface area contributed by atoms with E-state index in [2.05, 4.69) is 45.4 Å². The van der Waals surface area contributed by atoms with Gasteiger partial charge in [-0.05, 0) is 50.4 Å². The summed E-state index contributed by atoms with van der Waals surface area (Å²) in [5.41, 5.74) is 1.45. The van der Waals surface area contributed by atoms with Gasteiger partial charge in [0.2, 0.25) is 0 Å². The lowest BCUT2D eigenvalue weighted by Gasteiger charge is -2.35. The lowest BCUT2D eigenvalue weighted by Crippen LogP contribution is -2.46. The van der Waals surface area contributed by atoms with Gasteiger partial charge in [-0.25, -0.2) is 0 Å². The zero-order valence-corrected chi connectivity index (χ0v) is 13.1. The third kappa shape index (κ3) is 4.80. The van der Waals surface area contributed by atoms with Gasteiger partial charge in [-0.3, -0.25) is 4.90 Å². The molecule has 2 aliphatic rings.